The van der Waals surface area contributed by atoms with Crippen molar-refractivity contribution in [2.24, 2.45) is 0 Å². The summed E-state index contributed by atoms with van der Waals surface area (Å²) in [7, 11) is 0. The van der Waals surface area contributed by atoms with Gasteiger partial charge in [0.05, 0.1) is 6.10 Å². The largest absolute Gasteiger partial charge is 0.387 e. The molecule has 2 aliphatic heterocycles. The molecular formula is C15H22N2O. The molecule has 0 aliphatic carbocycles. The Hall–Kier alpha value is -0.900. The van der Waals surface area contributed by atoms with E-state index in [0.717, 1.165) is 31.2 Å². The van der Waals surface area contributed by atoms with Gasteiger partial charge in [0.2, 0.25) is 0 Å². The van der Waals surface area contributed by atoms with E-state index in [1.165, 1.54) is 25.9 Å². The molecular weight excluding hydrogens is 224 g/mol. The predicted octanol–water partition coefficient (Wildman–Crippen LogP) is 1.50. The van der Waals surface area contributed by atoms with Crippen molar-refractivity contribution >= 4 is 0 Å². The Balaban J connectivity index is 1.57. The van der Waals surface area contributed by atoms with Gasteiger partial charge in [-0.1, -0.05) is 30.3 Å². The van der Waals surface area contributed by atoms with Crippen molar-refractivity contribution in [2.75, 3.05) is 32.7 Å². The summed E-state index contributed by atoms with van der Waals surface area (Å²) < 4.78 is 0. The zero-order valence-electron chi connectivity index (χ0n) is 10.8. The summed E-state index contributed by atoms with van der Waals surface area (Å²) in [4.78, 5) is 5.02. The number of piperazine rings is 1. The molecule has 2 fully saturated rings. The number of hydrogen-bond acceptors (Lipinski definition) is 3. The molecule has 2 heterocycles. The van der Waals surface area contributed by atoms with Gasteiger partial charge >= 0.3 is 0 Å². The highest BCUT2D eigenvalue weighted by Gasteiger charge is 2.31. The van der Waals surface area contributed by atoms with E-state index in [1.807, 2.05) is 30.3 Å². The van der Waals surface area contributed by atoms with Crippen LogP contribution in [0.5, 0.6) is 0 Å². The lowest BCUT2D eigenvalue weighted by Gasteiger charge is -2.38. The van der Waals surface area contributed by atoms with Crippen LogP contribution in [0.4, 0.5) is 0 Å². The Bertz CT molecular complexity index is 381. The first kappa shape index (κ1) is 12.2. The molecule has 3 heteroatoms. The summed E-state index contributed by atoms with van der Waals surface area (Å²) in [6.07, 6.45) is 2.33. The zero-order chi connectivity index (χ0) is 12.4. The van der Waals surface area contributed by atoms with Crippen molar-refractivity contribution in [3.05, 3.63) is 35.9 Å². The summed E-state index contributed by atoms with van der Waals surface area (Å²) in [5.41, 5.74) is 1.03. The fraction of sp³-hybridized carbons (Fsp3) is 0.600. The van der Waals surface area contributed by atoms with E-state index in [1.54, 1.807) is 0 Å². The Kier molecular flexibility index (Phi) is 3.64. The standard InChI is InChI=1S/C15H22N2O/c18-15(13-5-2-1-3-6-13)12-16-9-10-17-8-4-7-14(17)11-16/h1-3,5-6,14-15,18H,4,7-12H2. The van der Waals surface area contributed by atoms with E-state index in [0.29, 0.717) is 0 Å². The topological polar surface area (TPSA) is 26.7 Å². The molecule has 1 aromatic carbocycles. The number of nitrogens with zero attached hydrogens (tertiary/aromatic N) is 2. The first-order chi connectivity index (χ1) is 8.83. The maximum atomic E-state index is 10.3. The van der Waals surface area contributed by atoms with Crippen LogP contribution < -0.4 is 0 Å². The molecule has 2 unspecified atom stereocenters. The van der Waals surface area contributed by atoms with E-state index in [9.17, 15) is 5.11 Å². The van der Waals surface area contributed by atoms with Crippen LogP contribution in [0, 0.1) is 0 Å². The molecule has 0 aromatic heterocycles. The smallest absolute Gasteiger partial charge is 0.0916 e. The predicted molar refractivity (Wildman–Crippen MR) is 72.4 cm³/mol. The average Bonchev–Trinajstić information content (AvgIpc) is 2.87. The van der Waals surface area contributed by atoms with E-state index in [2.05, 4.69) is 9.80 Å². The summed E-state index contributed by atoms with van der Waals surface area (Å²) in [5.74, 6) is 0. The molecule has 2 aliphatic rings. The molecule has 0 spiro atoms. The second-order valence-corrected chi connectivity index (χ2v) is 5.52. The van der Waals surface area contributed by atoms with E-state index in [-0.39, 0.29) is 6.10 Å². The van der Waals surface area contributed by atoms with Gasteiger partial charge in [0.1, 0.15) is 0 Å². The van der Waals surface area contributed by atoms with Crippen molar-refractivity contribution in [2.45, 2.75) is 25.0 Å². The van der Waals surface area contributed by atoms with Crippen molar-refractivity contribution in [3.8, 4) is 0 Å². The van der Waals surface area contributed by atoms with Crippen molar-refractivity contribution in [1.29, 1.82) is 0 Å². The fourth-order valence-electron chi connectivity index (χ4n) is 3.25. The van der Waals surface area contributed by atoms with Crippen molar-refractivity contribution < 1.29 is 5.11 Å². The summed E-state index contributed by atoms with van der Waals surface area (Å²) in [5, 5.41) is 10.3. The maximum Gasteiger partial charge on any atom is 0.0916 e. The second kappa shape index (κ2) is 5.39. The lowest BCUT2D eigenvalue weighted by atomic mass is 10.1. The summed E-state index contributed by atoms with van der Waals surface area (Å²) in [6, 6.07) is 10.7. The third kappa shape index (κ3) is 2.58. The lowest BCUT2D eigenvalue weighted by Crippen LogP contribution is -2.50. The van der Waals surface area contributed by atoms with Gasteiger partial charge in [-0.3, -0.25) is 9.80 Å². The monoisotopic (exact) mass is 246 g/mol. The van der Waals surface area contributed by atoms with Gasteiger partial charge in [-0.05, 0) is 24.9 Å². The van der Waals surface area contributed by atoms with E-state index in [4.69, 9.17) is 0 Å². The lowest BCUT2D eigenvalue weighted by molar-refractivity contribution is 0.0566. The first-order valence-electron chi connectivity index (χ1n) is 7.02. The highest BCUT2D eigenvalue weighted by atomic mass is 16.3. The molecule has 0 amide bonds. The van der Waals surface area contributed by atoms with E-state index < -0.39 is 0 Å². The van der Waals surface area contributed by atoms with Crippen LogP contribution in [0.2, 0.25) is 0 Å². The Morgan fingerprint density at radius 3 is 2.83 bits per heavy atom. The minimum Gasteiger partial charge on any atom is -0.387 e. The van der Waals surface area contributed by atoms with Gasteiger partial charge in [-0.2, -0.15) is 0 Å². The number of hydrogen-bond donors (Lipinski definition) is 1. The van der Waals surface area contributed by atoms with Gasteiger partial charge < -0.3 is 5.11 Å². The van der Waals surface area contributed by atoms with Crippen LogP contribution in [-0.2, 0) is 0 Å². The Morgan fingerprint density at radius 1 is 1.17 bits per heavy atom. The fourth-order valence-corrected chi connectivity index (χ4v) is 3.25. The van der Waals surface area contributed by atoms with Gasteiger partial charge in [-0.15, -0.1) is 0 Å². The Morgan fingerprint density at radius 2 is 2.00 bits per heavy atom. The number of benzene rings is 1. The summed E-state index contributed by atoms with van der Waals surface area (Å²) in [6.45, 7) is 5.45. The number of aliphatic hydroxyl groups is 1. The quantitative estimate of drug-likeness (QED) is 0.875. The van der Waals surface area contributed by atoms with Crippen LogP contribution in [0.3, 0.4) is 0 Å². The molecule has 0 saturated carbocycles. The Labute approximate surface area is 109 Å². The molecule has 18 heavy (non-hydrogen) atoms. The molecule has 0 radical (unpaired) electrons. The van der Waals surface area contributed by atoms with Crippen molar-refractivity contribution in [3.63, 3.8) is 0 Å². The minimum atomic E-state index is -0.348. The highest BCUT2D eigenvalue weighted by molar-refractivity contribution is 5.17. The van der Waals surface area contributed by atoms with Gasteiger partial charge in [0, 0.05) is 32.2 Å². The van der Waals surface area contributed by atoms with Crippen molar-refractivity contribution in [1.82, 2.24) is 9.80 Å². The SMILES string of the molecule is OC(CN1CCN2CCCC2C1)c1ccccc1. The zero-order valence-corrected chi connectivity index (χ0v) is 10.8. The van der Waals surface area contributed by atoms with E-state index >= 15 is 0 Å². The third-order valence-corrected chi connectivity index (χ3v) is 4.29. The van der Waals surface area contributed by atoms with Crippen LogP contribution in [0.15, 0.2) is 30.3 Å². The molecule has 1 N–H and O–H groups in total. The van der Waals surface area contributed by atoms with Gasteiger partial charge in [0.15, 0.2) is 0 Å². The third-order valence-electron chi connectivity index (χ3n) is 4.29. The molecule has 98 valence electrons. The minimum absolute atomic E-state index is 0.348. The van der Waals surface area contributed by atoms with Crippen LogP contribution in [-0.4, -0.2) is 53.7 Å². The number of β-amino-alcohol motifs (C(OH)–C–C–N with tert-alkyl or cyclic N) is 1. The number of rotatable bonds is 3. The van der Waals surface area contributed by atoms with Crippen LogP contribution >= 0.6 is 0 Å². The van der Waals surface area contributed by atoms with Gasteiger partial charge in [0.25, 0.3) is 0 Å². The average molecular weight is 246 g/mol. The molecule has 2 saturated heterocycles. The summed E-state index contributed by atoms with van der Waals surface area (Å²) >= 11 is 0. The maximum absolute atomic E-state index is 10.3. The molecule has 1 aromatic rings. The normalized spacial score (nSPS) is 27.1. The second-order valence-electron chi connectivity index (χ2n) is 5.52. The first-order valence-corrected chi connectivity index (χ1v) is 7.02. The van der Waals surface area contributed by atoms with Gasteiger partial charge in [-0.25, -0.2) is 0 Å². The van der Waals surface area contributed by atoms with Crippen LogP contribution in [0.1, 0.15) is 24.5 Å². The molecule has 3 nitrogen and oxygen atoms in total. The highest BCUT2D eigenvalue weighted by Crippen LogP contribution is 2.23. The molecule has 3 rings (SSSR count). The molecule has 2 atom stereocenters. The molecule has 0 bridgehead atoms. The number of aliphatic hydroxyl groups excluding tert-OH is 1. The number of fused-ring (bicyclic) bond motifs is 1. The van der Waals surface area contributed by atoms with Crippen LogP contribution in [0.25, 0.3) is 0 Å².